The number of aromatic nitrogens is 1. The van der Waals surface area contributed by atoms with Gasteiger partial charge in [-0.25, -0.2) is 4.98 Å². The van der Waals surface area contributed by atoms with E-state index in [0.29, 0.717) is 5.89 Å². The number of nitrogens with zero attached hydrogens (tertiary/aromatic N) is 2. The van der Waals surface area contributed by atoms with Gasteiger partial charge in [-0.15, -0.1) is 11.3 Å². The van der Waals surface area contributed by atoms with E-state index in [1.807, 2.05) is 53.8 Å². The molecule has 0 bridgehead atoms. The highest BCUT2D eigenvalue weighted by atomic mass is 32.1. The van der Waals surface area contributed by atoms with Crippen LogP contribution in [0.15, 0.2) is 167 Å². The third kappa shape index (κ3) is 4.33. The molecular formula is C43H26N2O2S. The van der Waals surface area contributed by atoms with Gasteiger partial charge in [0.2, 0.25) is 5.89 Å². The Balaban J connectivity index is 1.14. The SMILES string of the molecule is c1ccc(-c2ccc(N(c3ccc4c(c3)oc3cccc(-c5nc6ccccc6o5)c34)c3ccc4c(c3)sc3ccccc34)cc2)cc1. The molecule has 10 aromatic rings. The van der Waals surface area contributed by atoms with Crippen LogP contribution < -0.4 is 4.90 Å². The van der Waals surface area contributed by atoms with Gasteiger partial charge in [-0.2, -0.15) is 0 Å². The van der Waals surface area contributed by atoms with Gasteiger partial charge in [-0.3, -0.25) is 0 Å². The van der Waals surface area contributed by atoms with Crippen LogP contribution in [0.4, 0.5) is 17.1 Å². The fraction of sp³-hybridized carbons (Fsp3) is 0. The van der Waals surface area contributed by atoms with Crippen molar-refractivity contribution >= 4 is 81.6 Å². The predicted octanol–water partition coefficient (Wildman–Crippen LogP) is 12.9. The van der Waals surface area contributed by atoms with Crippen molar-refractivity contribution in [2.45, 2.75) is 0 Å². The fourth-order valence-corrected chi connectivity index (χ4v) is 7.99. The molecule has 7 aromatic carbocycles. The molecule has 0 aliphatic carbocycles. The van der Waals surface area contributed by atoms with Gasteiger partial charge in [0.25, 0.3) is 0 Å². The lowest BCUT2D eigenvalue weighted by molar-refractivity contribution is 0.620. The van der Waals surface area contributed by atoms with Gasteiger partial charge in [0.15, 0.2) is 5.58 Å². The first-order valence-electron chi connectivity index (χ1n) is 15.9. The third-order valence-corrected chi connectivity index (χ3v) is 10.2. The number of para-hydroxylation sites is 2. The highest BCUT2D eigenvalue weighted by molar-refractivity contribution is 7.25. The third-order valence-electron chi connectivity index (χ3n) is 9.12. The molecule has 0 saturated carbocycles. The molecule has 0 unspecified atom stereocenters. The van der Waals surface area contributed by atoms with E-state index in [-0.39, 0.29) is 0 Å². The monoisotopic (exact) mass is 634 g/mol. The molecular weight excluding hydrogens is 609 g/mol. The Morgan fingerprint density at radius 2 is 1.15 bits per heavy atom. The average Bonchev–Trinajstić information content (AvgIpc) is 3.85. The lowest BCUT2D eigenvalue weighted by Crippen LogP contribution is -2.09. The topological polar surface area (TPSA) is 42.4 Å². The van der Waals surface area contributed by atoms with Crippen LogP contribution in [0.25, 0.3) is 75.8 Å². The van der Waals surface area contributed by atoms with Gasteiger partial charge in [-0.05, 0) is 77.9 Å². The maximum Gasteiger partial charge on any atom is 0.228 e. The second-order valence-electron chi connectivity index (χ2n) is 12.0. The normalized spacial score (nSPS) is 11.8. The van der Waals surface area contributed by atoms with Gasteiger partial charge >= 0.3 is 0 Å². The summed E-state index contributed by atoms with van der Waals surface area (Å²) < 4.78 is 15.3. The largest absolute Gasteiger partial charge is 0.456 e. The zero-order chi connectivity index (χ0) is 31.6. The van der Waals surface area contributed by atoms with Crippen LogP contribution in [0.3, 0.4) is 0 Å². The summed E-state index contributed by atoms with van der Waals surface area (Å²) in [4.78, 5) is 7.11. The van der Waals surface area contributed by atoms with E-state index < -0.39 is 0 Å². The number of oxazole rings is 1. The molecule has 0 aliphatic rings. The van der Waals surface area contributed by atoms with E-state index in [1.54, 1.807) is 0 Å². The molecule has 226 valence electrons. The second-order valence-corrected chi connectivity index (χ2v) is 13.1. The van der Waals surface area contributed by atoms with Crippen molar-refractivity contribution in [3.8, 4) is 22.6 Å². The molecule has 0 fully saturated rings. The number of rotatable bonds is 5. The number of anilines is 3. The zero-order valence-electron chi connectivity index (χ0n) is 25.6. The van der Waals surface area contributed by atoms with E-state index in [4.69, 9.17) is 13.8 Å². The maximum absolute atomic E-state index is 6.54. The Kier molecular flexibility index (Phi) is 6.01. The van der Waals surface area contributed by atoms with Crippen molar-refractivity contribution in [2.75, 3.05) is 4.90 Å². The highest BCUT2D eigenvalue weighted by Crippen LogP contribution is 2.44. The molecule has 4 nitrogen and oxygen atoms in total. The first kappa shape index (κ1) is 27.0. The van der Waals surface area contributed by atoms with Crippen molar-refractivity contribution in [3.05, 3.63) is 158 Å². The minimum absolute atomic E-state index is 0.588. The first-order chi connectivity index (χ1) is 23.8. The summed E-state index contributed by atoms with van der Waals surface area (Å²) in [5.41, 5.74) is 9.67. The molecule has 3 aromatic heterocycles. The predicted molar refractivity (Wildman–Crippen MR) is 200 cm³/mol. The lowest BCUT2D eigenvalue weighted by Gasteiger charge is -2.26. The quantitative estimate of drug-likeness (QED) is 0.189. The van der Waals surface area contributed by atoms with Crippen molar-refractivity contribution < 1.29 is 8.83 Å². The number of hydrogen-bond acceptors (Lipinski definition) is 5. The summed E-state index contributed by atoms with van der Waals surface area (Å²) in [5, 5.41) is 4.58. The Morgan fingerprint density at radius 3 is 2.02 bits per heavy atom. The summed E-state index contributed by atoms with van der Waals surface area (Å²) in [6.45, 7) is 0. The summed E-state index contributed by atoms with van der Waals surface area (Å²) in [6, 6.07) is 55.1. The Labute approximate surface area is 279 Å². The van der Waals surface area contributed by atoms with Crippen molar-refractivity contribution in [1.29, 1.82) is 0 Å². The van der Waals surface area contributed by atoms with E-state index in [2.05, 4.69) is 120 Å². The number of thiophene rings is 1. The number of furan rings is 1. The smallest absolute Gasteiger partial charge is 0.228 e. The van der Waals surface area contributed by atoms with Crippen LogP contribution in [0.1, 0.15) is 0 Å². The Hall–Kier alpha value is -6.17. The van der Waals surface area contributed by atoms with Crippen LogP contribution >= 0.6 is 11.3 Å². The molecule has 10 rings (SSSR count). The van der Waals surface area contributed by atoms with Crippen molar-refractivity contribution in [3.63, 3.8) is 0 Å². The summed E-state index contributed by atoms with van der Waals surface area (Å²) in [6.07, 6.45) is 0. The molecule has 0 saturated heterocycles. The van der Waals surface area contributed by atoms with E-state index >= 15 is 0 Å². The van der Waals surface area contributed by atoms with Crippen LogP contribution in [-0.2, 0) is 0 Å². The average molecular weight is 635 g/mol. The van der Waals surface area contributed by atoms with Crippen LogP contribution in [-0.4, -0.2) is 4.98 Å². The van der Waals surface area contributed by atoms with Gasteiger partial charge in [-0.1, -0.05) is 84.9 Å². The Morgan fingerprint density at radius 1 is 0.458 bits per heavy atom. The molecule has 0 spiro atoms. The Bertz CT molecular complexity index is 2760. The molecule has 0 atom stereocenters. The summed E-state index contributed by atoms with van der Waals surface area (Å²) in [7, 11) is 0. The minimum atomic E-state index is 0.588. The fourth-order valence-electron chi connectivity index (χ4n) is 6.85. The van der Waals surface area contributed by atoms with E-state index in [0.717, 1.165) is 55.7 Å². The number of benzene rings is 7. The molecule has 5 heteroatoms. The van der Waals surface area contributed by atoms with E-state index in [9.17, 15) is 0 Å². The van der Waals surface area contributed by atoms with Crippen molar-refractivity contribution in [2.24, 2.45) is 0 Å². The zero-order valence-corrected chi connectivity index (χ0v) is 26.4. The van der Waals surface area contributed by atoms with Crippen LogP contribution in [0, 0.1) is 0 Å². The van der Waals surface area contributed by atoms with Gasteiger partial charge in [0, 0.05) is 59.6 Å². The molecule has 48 heavy (non-hydrogen) atoms. The van der Waals surface area contributed by atoms with E-state index in [1.165, 1.54) is 31.3 Å². The molecule has 3 heterocycles. The molecule has 0 radical (unpaired) electrons. The lowest BCUT2D eigenvalue weighted by atomic mass is 10.0. The van der Waals surface area contributed by atoms with Crippen LogP contribution in [0.2, 0.25) is 0 Å². The highest BCUT2D eigenvalue weighted by Gasteiger charge is 2.20. The standard InChI is InChI=1S/C43H26N2O2S/c1-2-9-27(10-3-1)28-17-19-29(20-18-28)45(31-21-23-33-32-11-4-7-16-40(32)48-41(33)26-31)30-22-24-34-39(25-30)46-38-15-8-12-35(42(34)38)43-44-36-13-5-6-14-37(36)47-43/h1-26H. The minimum Gasteiger partial charge on any atom is -0.456 e. The number of fused-ring (bicyclic) bond motifs is 7. The van der Waals surface area contributed by atoms with Gasteiger partial charge < -0.3 is 13.7 Å². The molecule has 0 N–H and O–H groups in total. The molecule has 0 amide bonds. The van der Waals surface area contributed by atoms with Crippen LogP contribution in [0.5, 0.6) is 0 Å². The summed E-state index contributed by atoms with van der Waals surface area (Å²) >= 11 is 1.83. The maximum atomic E-state index is 6.54. The number of hydrogen-bond donors (Lipinski definition) is 0. The second kappa shape index (κ2) is 10.7. The molecule has 0 aliphatic heterocycles. The first-order valence-corrected chi connectivity index (χ1v) is 16.8. The summed E-state index contributed by atoms with van der Waals surface area (Å²) in [5.74, 6) is 0.588. The van der Waals surface area contributed by atoms with Gasteiger partial charge in [0.05, 0.1) is 0 Å². The van der Waals surface area contributed by atoms with Crippen molar-refractivity contribution in [1.82, 2.24) is 4.98 Å². The van der Waals surface area contributed by atoms with Gasteiger partial charge in [0.1, 0.15) is 16.7 Å².